The van der Waals surface area contributed by atoms with Gasteiger partial charge >= 0.3 is 46.1 Å². The first kappa shape index (κ1) is 25.4. The first-order valence-corrected chi connectivity index (χ1v) is 4.17. The van der Waals surface area contributed by atoms with Crippen molar-refractivity contribution in [3.8, 4) is 5.75 Å². The van der Waals surface area contributed by atoms with Crippen LogP contribution in [0.25, 0.3) is 0 Å². The van der Waals surface area contributed by atoms with E-state index in [1.165, 1.54) is 0 Å². The standard InChI is InChI=1S/C7H7O3P.2ClH.2Mg/c1-6-2-4-7(5-3-6)10-11(8)9;;;;/h2-5H,1H3;2*1H;;/q-2;;;2*+2/p-2. The van der Waals surface area contributed by atoms with E-state index in [1.54, 1.807) is 24.3 Å². The van der Waals surface area contributed by atoms with Gasteiger partial charge in [-0.15, -0.1) is 0 Å². The van der Waals surface area contributed by atoms with E-state index in [-0.39, 0.29) is 70.9 Å². The summed E-state index contributed by atoms with van der Waals surface area (Å²) in [7, 11) is -2.79. The molecule has 0 N–H and O–H groups in total. The Morgan fingerprint density at radius 2 is 1.40 bits per heavy atom. The maximum Gasteiger partial charge on any atom is 2.00 e. The van der Waals surface area contributed by atoms with Crippen LogP contribution in [-0.4, -0.2) is 46.1 Å². The van der Waals surface area contributed by atoms with Crippen molar-refractivity contribution in [1.29, 1.82) is 0 Å². The van der Waals surface area contributed by atoms with Gasteiger partial charge in [-0.05, 0) is 19.1 Å². The molecule has 0 amide bonds. The fraction of sp³-hybridized carbons (Fsp3) is 0.143. The van der Waals surface area contributed by atoms with E-state index < -0.39 is 8.60 Å². The Labute approximate surface area is 135 Å². The summed E-state index contributed by atoms with van der Waals surface area (Å²) >= 11 is 0. The molecule has 0 aliphatic heterocycles. The van der Waals surface area contributed by atoms with Gasteiger partial charge in [0.2, 0.25) is 0 Å². The van der Waals surface area contributed by atoms with Gasteiger partial charge in [-0.2, -0.15) is 0 Å². The van der Waals surface area contributed by atoms with Gasteiger partial charge in [0.15, 0.2) is 0 Å². The van der Waals surface area contributed by atoms with Crippen LogP contribution in [0.1, 0.15) is 5.56 Å². The predicted molar refractivity (Wildman–Crippen MR) is 50.2 cm³/mol. The molecule has 0 saturated heterocycles. The summed E-state index contributed by atoms with van der Waals surface area (Å²) in [6.45, 7) is 1.92. The molecule has 76 valence electrons. The molecule has 0 saturated carbocycles. The van der Waals surface area contributed by atoms with Crippen LogP contribution >= 0.6 is 8.60 Å². The third kappa shape index (κ3) is 11.7. The van der Waals surface area contributed by atoms with Crippen LogP contribution in [-0.2, 0) is 0 Å². The van der Waals surface area contributed by atoms with Crippen molar-refractivity contribution in [2.75, 3.05) is 0 Å². The van der Waals surface area contributed by atoms with Crippen molar-refractivity contribution in [3.05, 3.63) is 29.8 Å². The molecule has 0 atom stereocenters. The maximum absolute atomic E-state index is 10.1. The van der Waals surface area contributed by atoms with Crippen molar-refractivity contribution in [2.24, 2.45) is 0 Å². The zero-order valence-corrected chi connectivity index (χ0v) is 13.4. The van der Waals surface area contributed by atoms with Crippen molar-refractivity contribution in [3.63, 3.8) is 0 Å². The van der Waals surface area contributed by atoms with Gasteiger partial charge in [0.1, 0.15) is 5.75 Å². The Kier molecular flexibility index (Phi) is 22.9. The SMILES string of the molecule is Cc1ccc(OP([O-])[O-])cc1.[Cl-].[Cl-].[Mg+2].[Mg+2]. The monoisotopic (exact) mass is 288 g/mol. The first-order valence-electron chi connectivity index (χ1n) is 3.07. The van der Waals surface area contributed by atoms with Crippen molar-refractivity contribution >= 4 is 54.7 Å². The van der Waals surface area contributed by atoms with Crippen molar-refractivity contribution in [2.45, 2.75) is 6.92 Å². The van der Waals surface area contributed by atoms with E-state index in [0.717, 1.165) is 5.56 Å². The Hall–Kier alpha value is 1.48. The molecular weight excluding hydrogens is 283 g/mol. The van der Waals surface area contributed by atoms with E-state index in [4.69, 9.17) is 0 Å². The summed E-state index contributed by atoms with van der Waals surface area (Å²) in [6.07, 6.45) is 0. The van der Waals surface area contributed by atoms with Gasteiger partial charge in [-0.3, -0.25) is 0 Å². The van der Waals surface area contributed by atoms with Crippen LogP contribution in [0.4, 0.5) is 0 Å². The number of benzene rings is 1. The fourth-order valence-electron chi connectivity index (χ4n) is 0.685. The predicted octanol–water partition coefficient (Wildman–Crippen LogP) is -6.43. The minimum absolute atomic E-state index is 0. The molecule has 3 nitrogen and oxygen atoms in total. The molecule has 8 heteroatoms. The molecule has 0 aliphatic rings. The zero-order chi connectivity index (χ0) is 8.27. The van der Waals surface area contributed by atoms with Crippen LogP contribution in [0.5, 0.6) is 5.75 Å². The van der Waals surface area contributed by atoms with Gasteiger partial charge < -0.3 is 39.1 Å². The van der Waals surface area contributed by atoms with Gasteiger partial charge in [-0.1, -0.05) is 26.3 Å². The van der Waals surface area contributed by atoms with E-state index in [9.17, 15) is 9.79 Å². The van der Waals surface area contributed by atoms with E-state index in [0.29, 0.717) is 5.75 Å². The molecule has 1 rings (SSSR count). The van der Waals surface area contributed by atoms with E-state index in [1.807, 2.05) is 6.92 Å². The van der Waals surface area contributed by atoms with Gasteiger partial charge in [0, 0.05) is 0 Å². The average molecular weight is 290 g/mol. The third-order valence-electron chi connectivity index (χ3n) is 1.20. The molecule has 0 bridgehead atoms. The second-order valence-corrected chi connectivity index (χ2v) is 2.76. The molecule has 0 spiro atoms. The summed E-state index contributed by atoms with van der Waals surface area (Å²) in [4.78, 5) is 20.1. The topological polar surface area (TPSA) is 55.3 Å². The van der Waals surface area contributed by atoms with Crippen LogP contribution in [0.15, 0.2) is 24.3 Å². The van der Waals surface area contributed by atoms with Crippen LogP contribution < -0.4 is 39.1 Å². The average Bonchev–Trinajstić information content (AvgIpc) is 1.93. The maximum atomic E-state index is 10.1. The normalized spacial score (nSPS) is 7.47. The number of hydrogen-bond acceptors (Lipinski definition) is 3. The van der Waals surface area contributed by atoms with E-state index >= 15 is 0 Å². The number of halogens is 2. The molecule has 0 radical (unpaired) electrons. The second-order valence-electron chi connectivity index (χ2n) is 2.13. The van der Waals surface area contributed by atoms with E-state index in [2.05, 4.69) is 4.52 Å². The molecule has 0 fully saturated rings. The summed E-state index contributed by atoms with van der Waals surface area (Å²) in [5.41, 5.74) is 1.07. The number of aryl methyl sites for hydroxylation is 1. The molecule has 0 heterocycles. The molecule has 0 aliphatic carbocycles. The van der Waals surface area contributed by atoms with Crippen LogP contribution in [0, 0.1) is 6.92 Å². The van der Waals surface area contributed by atoms with Crippen LogP contribution in [0.2, 0.25) is 0 Å². The number of rotatable bonds is 2. The Bertz CT molecular complexity index is 236. The first-order chi connectivity index (χ1) is 5.18. The van der Waals surface area contributed by atoms with Crippen molar-refractivity contribution in [1.82, 2.24) is 0 Å². The van der Waals surface area contributed by atoms with Crippen molar-refractivity contribution < 1.29 is 39.1 Å². The van der Waals surface area contributed by atoms with Gasteiger partial charge in [0.05, 0.1) is 0 Å². The Morgan fingerprint density at radius 1 is 1.00 bits per heavy atom. The minimum Gasteiger partial charge on any atom is -1.00 e. The second kappa shape index (κ2) is 13.5. The zero-order valence-electron chi connectivity index (χ0n) is 8.15. The largest absolute Gasteiger partial charge is 2.00 e. The molecule has 1 aromatic carbocycles. The summed E-state index contributed by atoms with van der Waals surface area (Å²) in [5, 5.41) is 0. The third-order valence-corrected chi connectivity index (χ3v) is 1.56. The minimum atomic E-state index is -2.79. The Balaban J connectivity index is -0.000000151. The van der Waals surface area contributed by atoms with Gasteiger partial charge in [-0.25, -0.2) is 0 Å². The van der Waals surface area contributed by atoms with Gasteiger partial charge in [0.25, 0.3) is 0 Å². The summed E-state index contributed by atoms with van der Waals surface area (Å²) in [5.74, 6) is 0.353. The number of hydrogen-bond donors (Lipinski definition) is 0. The van der Waals surface area contributed by atoms with Crippen LogP contribution in [0.3, 0.4) is 0 Å². The molecule has 0 unspecified atom stereocenters. The Morgan fingerprint density at radius 3 is 1.73 bits per heavy atom. The molecular formula is C7H7Cl2Mg2O3P. The molecule has 0 aromatic heterocycles. The molecule has 15 heavy (non-hydrogen) atoms. The fourth-order valence-corrected chi connectivity index (χ4v) is 0.979. The summed E-state index contributed by atoms with van der Waals surface area (Å²) < 4.78 is 4.42. The molecule has 1 aromatic rings. The summed E-state index contributed by atoms with van der Waals surface area (Å²) in [6, 6.07) is 6.79. The quantitative estimate of drug-likeness (QED) is 0.402. The smallest absolute Gasteiger partial charge is 1.00 e.